The van der Waals surface area contributed by atoms with Gasteiger partial charge in [-0.05, 0) is 30.7 Å². The summed E-state index contributed by atoms with van der Waals surface area (Å²) in [7, 11) is -3.13. The number of fused-ring (bicyclic) bond motifs is 1. The van der Waals surface area contributed by atoms with Crippen LogP contribution in [0.15, 0.2) is 30.6 Å². The zero-order valence-electron chi connectivity index (χ0n) is 17.8. The Hall–Kier alpha value is -3.85. The van der Waals surface area contributed by atoms with Crippen molar-refractivity contribution in [1.29, 1.82) is 5.26 Å². The first-order chi connectivity index (χ1) is 15.7. The summed E-state index contributed by atoms with van der Waals surface area (Å²) in [4.78, 5) is 25.1. The van der Waals surface area contributed by atoms with Gasteiger partial charge in [-0.25, -0.2) is 22.8 Å². The number of hydrogen-bond acceptors (Lipinski definition) is 9. The Labute approximate surface area is 190 Å². The molecular formula is C21H22FN7O3S. The van der Waals surface area contributed by atoms with Gasteiger partial charge in [0.2, 0.25) is 0 Å². The molecule has 33 heavy (non-hydrogen) atoms. The predicted octanol–water partition coefficient (Wildman–Crippen LogP) is 1.44. The Morgan fingerprint density at radius 1 is 1.24 bits per heavy atom. The third-order valence-corrected chi connectivity index (χ3v) is 5.75. The van der Waals surface area contributed by atoms with Crippen molar-refractivity contribution in [2.24, 2.45) is 0 Å². The number of carbonyl (C=O) groups excluding carboxylic acids is 1. The quantitative estimate of drug-likeness (QED) is 0.392. The second kappa shape index (κ2) is 10.2. The Kier molecular flexibility index (Phi) is 7.34. The fourth-order valence-electron chi connectivity index (χ4n) is 3.15. The number of pyridine rings is 1. The highest BCUT2D eigenvalue weighted by Gasteiger charge is 2.16. The Bertz CT molecular complexity index is 1340. The molecule has 0 radical (unpaired) electrons. The minimum absolute atomic E-state index is 0.0471. The van der Waals surface area contributed by atoms with Gasteiger partial charge in [-0.15, -0.1) is 0 Å². The lowest BCUT2D eigenvalue weighted by Crippen LogP contribution is -2.27. The number of benzene rings is 1. The molecule has 0 saturated carbocycles. The molecule has 2 aromatic heterocycles. The lowest BCUT2D eigenvalue weighted by molar-refractivity contribution is 0.0952. The maximum Gasteiger partial charge on any atom is 0.253 e. The number of sulfone groups is 1. The Morgan fingerprint density at radius 3 is 2.76 bits per heavy atom. The third-order valence-electron chi connectivity index (χ3n) is 4.72. The van der Waals surface area contributed by atoms with Crippen LogP contribution < -0.4 is 16.4 Å². The number of nitrogens with two attached hydrogens (primary N) is 1. The Morgan fingerprint density at radius 2 is 2.03 bits per heavy atom. The summed E-state index contributed by atoms with van der Waals surface area (Å²) in [5.41, 5.74) is 7.02. The van der Waals surface area contributed by atoms with Crippen molar-refractivity contribution >= 4 is 38.3 Å². The van der Waals surface area contributed by atoms with Gasteiger partial charge in [0.15, 0.2) is 0 Å². The minimum Gasteiger partial charge on any atom is -0.382 e. The highest BCUT2D eigenvalue weighted by molar-refractivity contribution is 7.90. The van der Waals surface area contributed by atoms with Crippen molar-refractivity contribution in [3.63, 3.8) is 0 Å². The second-order valence-corrected chi connectivity index (χ2v) is 9.59. The molecule has 0 saturated heterocycles. The van der Waals surface area contributed by atoms with Gasteiger partial charge in [-0.2, -0.15) is 5.26 Å². The van der Waals surface area contributed by atoms with E-state index in [0.29, 0.717) is 16.6 Å². The number of rotatable bonds is 9. The lowest BCUT2D eigenvalue weighted by atomic mass is 10.1. The van der Waals surface area contributed by atoms with Gasteiger partial charge in [0.25, 0.3) is 5.91 Å². The monoisotopic (exact) mass is 471 g/mol. The summed E-state index contributed by atoms with van der Waals surface area (Å²) in [6.07, 6.45) is 2.92. The number of hydrogen-bond donors (Lipinski definition) is 3. The predicted molar refractivity (Wildman–Crippen MR) is 122 cm³/mol. The van der Waals surface area contributed by atoms with E-state index in [4.69, 9.17) is 5.73 Å². The molecule has 10 nitrogen and oxygen atoms in total. The van der Waals surface area contributed by atoms with Crippen LogP contribution >= 0.6 is 0 Å². The van der Waals surface area contributed by atoms with Crippen LogP contribution in [0, 0.1) is 17.1 Å². The van der Waals surface area contributed by atoms with Gasteiger partial charge in [0.1, 0.15) is 45.3 Å². The number of aromatic nitrogens is 3. The van der Waals surface area contributed by atoms with E-state index in [1.165, 1.54) is 24.5 Å². The fraction of sp³-hybridized carbons (Fsp3) is 0.286. The zero-order chi connectivity index (χ0) is 24.0. The van der Waals surface area contributed by atoms with Crippen molar-refractivity contribution in [2.75, 3.05) is 36.1 Å². The zero-order valence-corrected chi connectivity index (χ0v) is 18.6. The summed E-state index contributed by atoms with van der Waals surface area (Å²) in [5, 5.41) is 15.4. The number of nitrogens with one attached hydrogen (secondary N) is 2. The van der Waals surface area contributed by atoms with E-state index in [1.807, 2.05) is 6.07 Å². The normalized spacial score (nSPS) is 11.2. The van der Waals surface area contributed by atoms with Crippen molar-refractivity contribution in [2.45, 2.75) is 12.8 Å². The van der Waals surface area contributed by atoms with Gasteiger partial charge in [-0.1, -0.05) is 0 Å². The molecule has 0 aliphatic rings. The number of anilines is 2. The van der Waals surface area contributed by atoms with E-state index in [2.05, 4.69) is 25.6 Å². The highest BCUT2D eigenvalue weighted by atomic mass is 32.2. The summed E-state index contributed by atoms with van der Waals surface area (Å²) < 4.78 is 36.2. The summed E-state index contributed by atoms with van der Waals surface area (Å²) >= 11 is 0. The van der Waals surface area contributed by atoms with Crippen LogP contribution in [0.25, 0.3) is 10.9 Å². The van der Waals surface area contributed by atoms with Gasteiger partial charge in [-0.3, -0.25) is 9.78 Å². The van der Waals surface area contributed by atoms with Crippen LogP contribution in [0.3, 0.4) is 0 Å². The minimum atomic E-state index is -3.13. The number of amides is 1. The van der Waals surface area contributed by atoms with E-state index in [1.54, 1.807) is 6.07 Å². The van der Waals surface area contributed by atoms with E-state index in [0.717, 1.165) is 6.26 Å². The topological polar surface area (TPSA) is 164 Å². The van der Waals surface area contributed by atoms with E-state index >= 15 is 0 Å². The molecule has 1 amide bonds. The molecular weight excluding hydrogens is 449 g/mol. The summed E-state index contributed by atoms with van der Waals surface area (Å²) in [6, 6.07) is 7.58. The van der Waals surface area contributed by atoms with Gasteiger partial charge in [0, 0.05) is 31.2 Å². The molecule has 1 aromatic carbocycles. The molecule has 3 aromatic rings. The average molecular weight is 472 g/mol. The first kappa shape index (κ1) is 23.8. The molecule has 0 bridgehead atoms. The van der Waals surface area contributed by atoms with E-state index in [-0.39, 0.29) is 54.4 Å². The maximum atomic E-state index is 13.7. The molecule has 172 valence electrons. The van der Waals surface area contributed by atoms with Gasteiger partial charge in [0.05, 0.1) is 22.5 Å². The molecule has 0 fully saturated rings. The average Bonchev–Trinajstić information content (AvgIpc) is 2.75. The number of carbonyl (C=O) groups is 1. The molecule has 0 aliphatic heterocycles. The van der Waals surface area contributed by atoms with Crippen LogP contribution in [-0.2, 0) is 16.3 Å². The summed E-state index contributed by atoms with van der Waals surface area (Å²) in [5.74, 6) is -0.631. The summed E-state index contributed by atoms with van der Waals surface area (Å²) in [6.45, 7) is 0.440. The smallest absolute Gasteiger partial charge is 0.253 e. The van der Waals surface area contributed by atoms with Crippen molar-refractivity contribution in [3.8, 4) is 6.07 Å². The van der Waals surface area contributed by atoms with Crippen LogP contribution in [0.4, 0.5) is 16.0 Å². The number of nitrogen functional groups attached to an aromatic ring is 1. The molecule has 2 heterocycles. The van der Waals surface area contributed by atoms with Gasteiger partial charge < -0.3 is 16.4 Å². The van der Waals surface area contributed by atoms with Crippen molar-refractivity contribution in [1.82, 2.24) is 20.3 Å². The van der Waals surface area contributed by atoms with Crippen LogP contribution in [0.5, 0.6) is 0 Å². The fourth-order valence-corrected chi connectivity index (χ4v) is 3.82. The van der Waals surface area contributed by atoms with E-state index < -0.39 is 21.6 Å². The lowest BCUT2D eigenvalue weighted by Gasteiger charge is -2.13. The Balaban J connectivity index is 1.80. The van der Waals surface area contributed by atoms with E-state index in [9.17, 15) is 22.9 Å². The SMILES string of the molecule is CS(=O)(=O)CCCNC(=O)c1cc2cc(F)ccc2nc1CCNc1ncnc(N)c1C#N. The number of halogens is 1. The molecule has 0 spiro atoms. The molecule has 0 unspecified atom stereocenters. The number of nitrogens with zero attached hydrogens (tertiary/aromatic N) is 4. The number of nitriles is 1. The first-order valence-electron chi connectivity index (χ1n) is 9.97. The third kappa shape index (κ3) is 6.33. The molecule has 4 N–H and O–H groups in total. The van der Waals surface area contributed by atoms with Crippen LogP contribution in [0.2, 0.25) is 0 Å². The molecule has 3 rings (SSSR count). The molecule has 0 atom stereocenters. The van der Waals surface area contributed by atoms with Gasteiger partial charge >= 0.3 is 0 Å². The van der Waals surface area contributed by atoms with Crippen LogP contribution in [0.1, 0.15) is 28.0 Å². The standard InChI is InChI=1S/C21H22FN7O3S/c1-33(31,32)8-2-6-26-21(30)15-10-13-9-14(22)3-4-17(13)29-18(15)5-7-25-20-16(11-23)19(24)27-12-28-20/h3-4,9-10,12H,2,5-8H2,1H3,(H,26,30)(H3,24,25,27,28). The highest BCUT2D eigenvalue weighted by Crippen LogP contribution is 2.20. The van der Waals surface area contributed by atoms with Crippen molar-refractivity contribution in [3.05, 3.63) is 53.2 Å². The van der Waals surface area contributed by atoms with Crippen LogP contribution in [-0.4, -0.2) is 54.4 Å². The first-order valence-corrected chi connectivity index (χ1v) is 12.0. The molecule has 12 heteroatoms. The van der Waals surface area contributed by atoms with Crippen molar-refractivity contribution < 1.29 is 17.6 Å². The largest absolute Gasteiger partial charge is 0.382 e. The maximum absolute atomic E-state index is 13.7. The molecule has 0 aliphatic carbocycles. The second-order valence-electron chi connectivity index (χ2n) is 7.33.